The van der Waals surface area contributed by atoms with Gasteiger partial charge in [-0.3, -0.25) is 9.69 Å². The van der Waals surface area contributed by atoms with Gasteiger partial charge in [0, 0.05) is 13.1 Å². The fourth-order valence-corrected chi connectivity index (χ4v) is 3.32. The lowest BCUT2D eigenvalue weighted by Gasteiger charge is -2.37. The van der Waals surface area contributed by atoms with Crippen molar-refractivity contribution in [1.29, 1.82) is 0 Å². The normalized spacial score (nSPS) is 19.2. The number of carbonyl (C=O) groups is 2. The molecule has 1 amide bonds. The maximum absolute atomic E-state index is 11.9. The standard InChI is InChI=1S/C16H22N2O2.C2HF3O2/c1-20-14-4-2-13(3-5-14)12-18-10-7-16(8-11-18)6-9-17-15(16)19;3-2(4,5)1(6)7/h2-5H,6-12H2,1H3,(H,17,19);(H,6,7). The van der Waals surface area contributed by atoms with E-state index in [0.29, 0.717) is 0 Å². The van der Waals surface area contributed by atoms with Crippen LogP contribution in [0.1, 0.15) is 24.8 Å². The average Bonchev–Trinajstić information content (AvgIpc) is 2.98. The highest BCUT2D eigenvalue weighted by Gasteiger charge is 2.44. The quantitative estimate of drug-likeness (QED) is 0.832. The molecular weight excluding hydrogens is 365 g/mol. The van der Waals surface area contributed by atoms with E-state index in [9.17, 15) is 18.0 Å². The summed E-state index contributed by atoms with van der Waals surface area (Å²) in [6, 6.07) is 8.24. The number of alkyl halides is 3. The number of carboxylic acid groups (broad SMARTS) is 1. The summed E-state index contributed by atoms with van der Waals surface area (Å²) in [4.78, 5) is 23.3. The Morgan fingerprint density at radius 3 is 2.19 bits per heavy atom. The van der Waals surface area contributed by atoms with Crippen LogP contribution >= 0.6 is 0 Å². The topological polar surface area (TPSA) is 78.9 Å². The number of amides is 1. The smallest absolute Gasteiger partial charge is 0.490 e. The van der Waals surface area contributed by atoms with Crippen LogP contribution in [-0.2, 0) is 16.1 Å². The molecule has 2 aliphatic rings. The molecule has 2 N–H and O–H groups in total. The van der Waals surface area contributed by atoms with Gasteiger partial charge in [-0.1, -0.05) is 12.1 Å². The molecule has 0 radical (unpaired) electrons. The minimum atomic E-state index is -5.08. The van der Waals surface area contributed by atoms with Crippen molar-refractivity contribution >= 4 is 11.9 Å². The van der Waals surface area contributed by atoms with Crippen LogP contribution in [0.2, 0.25) is 0 Å². The van der Waals surface area contributed by atoms with Crippen molar-refractivity contribution in [2.75, 3.05) is 26.7 Å². The Labute approximate surface area is 155 Å². The van der Waals surface area contributed by atoms with Gasteiger partial charge in [-0.2, -0.15) is 13.2 Å². The summed E-state index contributed by atoms with van der Waals surface area (Å²) in [5.41, 5.74) is 1.24. The number of ether oxygens (including phenoxy) is 1. The second-order valence-corrected chi connectivity index (χ2v) is 6.71. The van der Waals surface area contributed by atoms with E-state index in [4.69, 9.17) is 14.6 Å². The molecule has 150 valence electrons. The Morgan fingerprint density at radius 1 is 1.22 bits per heavy atom. The van der Waals surface area contributed by atoms with Crippen molar-refractivity contribution in [3.8, 4) is 5.75 Å². The summed E-state index contributed by atoms with van der Waals surface area (Å²) >= 11 is 0. The number of rotatable bonds is 3. The van der Waals surface area contributed by atoms with Crippen LogP contribution in [0.15, 0.2) is 24.3 Å². The summed E-state index contributed by atoms with van der Waals surface area (Å²) in [5, 5.41) is 10.1. The summed E-state index contributed by atoms with van der Waals surface area (Å²) in [6.45, 7) is 3.85. The van der Waals surface area contributed by atoms with Crippen LogP contribution < -0.4 is 10.1 Å². The molecule has 2 heterocycles. The Bertz CT molecular complexity index is 654. The summed E-state index contributed by atoms with van der Waals surface area (Å²) in [5.74, 6) is -1.58. The van der Waals surface area contributed by atoms with E-state index in [2.05, 4.69) is 22.3 Å². The van der Waals surface area contributed by atoms with E-state index in [-0.39, 0.29) is 11.3 Å². The van der Waals surface area contributed by atoms with Gasteiger partial charge in [-0.15, -0.1) is 0 Å². The molecule has 2 fully saturated rings. The van der Waals surface area contributed by atoms with E-state index < -0.39 is 12.1 Å². The number of carboxylic acids is 1. The summed E-state index contributed by atoms with van der Waals surface area (Å²) in [7, 11) is 1.69. The number of nitrogens with one attached hydrogen (secondary N) is 1. The SMILES string of the molecule is COc1ccc(CN2CCC3(CCNC3=O)CC2)cc1.O=C(O)C(F)(F)F. The van der Waals surface area contributed by atoms with E-state index in [1.54, 1.807) is 7.11 Å². The lowest BCUT2D eigenvalue weighted by molar-refractivity contribution is -0.192. The minimum absolute atomic E-state index is 0.0591. The van der Waals surface area contributed by atoms with Gasteiger partial charge in [0.1, 0.15) is 5.75 Å². The number of methoxy groups -OCH3 is 1. The van der Waals surface area contributed by atoms with Gasteiger partial charge in [0.25, 0.3) is 0 Å². The predicted octanol–water partition coefficient (Wildman–Crippen LogP) is 2.43. The van der Waals surface area contributed by atoms with Gasteiger partial charge < -0.3 is 15.2 Å². The van der Waals surface area contributed by atoms with Crippen LogP contribution in [-0.4, -0.2) is 54.8 Å². The second-order valence-electron chi connectivity index (χ2n) is 6.71. The molecule has 0 aromatic heterocycles. The lowest BCUT2D eigenvalue weighted by atomic mass is 9.77. The third-order valence-corrected chi connectivity index (χ3v) is 4.99. The Balaban J connectivity index is 0.000000321. The number of hydrogen-bond acceptors (Lipinski definition) is 4. The monoisotopic (exact) mass is 388 g/mol. The van der Waals surface area contributed by atoms with E-state index in [1.165, 1.54) is 5.56 Å². The van der Waals surface area contributed by atoms with Crippen LogP contribution in [0.5, 0.6) is 5.75 Å². The van der Waals surface area contributed by atoms with Crippen LogP contribution in [0.3, 0.4) is 0 Å². The van der Waals surface area contributed by atoms with Crippen molar-refractivity contribution in [2.24, 2.45) is 5.41 Å². The van der Waals surface area contributed by atoms with Crippen molar-refractivity contribution in [1.82, 2.24) is 10.2 Å². The molecule has 6 nitrogen and oxygen atoms in total. The largest absolute Gasteiger partial charge is 0.497 e. The molecule has 1 aromatic rings. The molecule has 3 rings (SSSR count). The maximum atomic E-state index is 11.9. The molecule has 27 heavy (non-hydrogen) atoms. The second kappa shape index (κ2) is 8.60. The number of aliphatic carboxylic acids is 1. The number of benzene rings is 1. The molecule has 0 aliphatic carbocycles. The highest BCUT2D eigenvalue weighted by Crippen LogP contribution is 2.38. The zero-order valence-corrected chi connectivity index (χ0v) is 15.0. The van der Waals surface area contributed by atoms with Crippen molar-refractivity contribution < 1.29 is 32.6 Å². The predicted molar refractivity (Wildman–Crippen MR) is 91.3 cm³/mol. The number of likely N-dealkylation sites (tertiary alicyclic amines) is 1. The fourth-order valence-electron chi connectivity index (χ4n) is 3.32. The first-order valence-corrected chi connectivity index (χ1v) is 8.60. The number of nitrogens with zero attached hydrogens (tertiary/aromatic N) is 1. The summed E-state index contributed by atoms with van der Waals surface area (Å²) in [6.07, 6.45) is -2.08. The minimum Gasteiger partial charge on any atom is -0.497 e. The molecule has 0 saturated carbocycles. The zero-order valence-electron chi connectivity index (χ0n) is 15.0. The first-order valence-electron chi connectivity index (χ1n) is 8.60. The van der Waals surface area contributed by atoms with Crippen molar-refractivity contribution in [3.63, 3.8) is 0 Å². The molecule has 1 aromatic carbocycles. The molecule has 9 heteroatoms. The maximum Gasteiger partial charge on any atom is 0.490 e. The van der Waals surface area contributed by atoms with E-state index >= 15 is 0 Å². The van der Waals surface area contributed by atoms with Gasteiger partial charge in [0.15, 0.2) is 0 Å². The number of carbonyl (C=O) groups excluding carboxylic acids is 1. The first-order chi connectivity index (χ1) is 12.7. The number of halogens is 3. The molecular formula is C18H23F3N2O4. The highest BCUT2D eigenvalue weighted by molar-refractivity contribution is 5.84. The molecule has 2 saturated heterocycles. The third-order valence-electron chi connectivity index (χ3n) is 4.99. The first kappa shape index (κ1) is 21.0. The van der Waals surface area contributed by atoms with E-state index in [0.717, 1.165) is 51.2 Å². The molecule has 0 unspecified atom stereocenters. The zero-order chi connectivity index (χ0) is 20.1. The van der Waals surface area contributed by atoms with Crippen LogP contribution in [0.4, 0.5) is 13.2 Å². The molecule has 1 spiro atoms. The third kappa shape index (κ3) is 5.59. The van der Waals surface area contributed by atoms with Gasteiger partial charge in [0.2, 0.25) is 5.91 Å². The Kier molecular flexibility index (Phi) is 6.69. The lowest BCUT2D eigenvalue weighted by Crippen LogP contribution is -2.43. The van der Waals surface area contributed by atoms with E-state index in [1.807, 2.05) is 12.1 Å². The average molecular weight is 388 g/mol. The van der Waals surface area contributed by atoms with Crippen LogP contribution in [0.25, 0.3) is 0 Å². The van der Waals surface area contributed by atoms with Gasteiger partial charge in [0.05, 0.1) is 12.5 Å². The van der Waals surface area contributed by atoms with Crippen molar-refractivity contribution in [2.45, 2.75) is 32.0 Å². The summed E-state index contributed by atoms with van der Waals surface area (Å²) < 4.78 is 36.9. The molecule has 0 atom stereocenters. The molecule has 0 bridgehead atoms. The Hall–Kier alpha value is -2.29. The highest BCUT2D eigenvalue weighted by atomic mass is 19.4. The fraction of sp³-hybridized carbons (Fsp3) is 0.556. The Morgan fingerprint density at radius 2 is 1.78 bits per heavy atom. The van der Waals surface area contributed by atoms with Gasteiger partial charge >= 0.3 is 12.1 Å². The number of hydrogen-bond donors (Lipinski definition) is 2. The number of piperidine rings is 1. The van der Waals surface area contributed by atoms with Gasteiger partial charge in [-0.05, 0) is 50.0 Å². The van der Waals surface area contributed by atoms with Gasteiger partial charge in [-0.25, -0.2) is 4.79 Å². The molecule has 2 aliphatic heterocycles. The van der Waals surface area contributed by atoms with Crippen LogP contribution in [0, 0.1) is 5.41 Å². The van der Waals surface area contributed by atoms with Crippen molar-refractivity contribution in [3.05, 3.63) is 29.8 Å².